The molecule has 1 saturated heterocycles. The molecule has 0 amide bonds. The van der Waals surface area contributed by atoms with Crippen LogP contribution in [0.5, 0.6) is 11.5 Å². The van der Waals surface area contributed by atoms with Gasteiger partial charge >= 0.3 is 0 Å². The van der Waals surface area contributed by atoms with Gasteiger partial charge in [0, 0.05) is 36.6 Å². The van der Waals surface area contributed by atoms with Crippen molar-refractivity contribution in [1.29, 1.82) is 0 Å². The lowest BCUT2D eigenvalue weighted by atomic mass is 9.78. The molecule has 0 saturated carbocycles. The van der Waals surface area contributed by atoms with Gasteiger partial charge < -0.3 is 19.5 Å². The van der Waals surface area contributed by atoms with Gasteiger partial charge in [0.05, 0.1) is 17.5 Å². The molecule has 1 fully saturated rings. The van der Waals surface area contributed by atoms with Gasteiger partial charge in [-0.1, -0.05) is 43.6 Å². The molecular formula is C25H33Cl2NO3S. The van der Waals surface area contributed by atoms with Gasteiger partial charge in [-0.25, -0.2) is 0 Å². The zero-order valence-electron chi connectivity index (χ0n) is 18.9. The summed E-state index contributed by atoms with van der Waals surface area (Å²) in [6.45, 7) is 8.69. The number of halogens is 2. The summed E-state index contributed by atoms with van der Waals surface area (Å²) in [6, 6.07) is 14.1. The second-order valence-electron chi connectivity index (χ2n) is 8.57. The SMILES string of the molecule is CC(C)(c1ccc(OCCCN2CCSCC2)cc1)c1ccc(OCC(O)CCl)c(Cl)c1. The minimum atomic E-state index is -0.714. The van der Waals surface area contributed by atoms with E-state index in [0.29, 0.717) is 10.8 Å². The van der Waals surface area contributed by atoms with E-state index in [1.54, 1.807) is 0 Å². The molecule has 1 unspecified atom stereocenters. The first-order chi connectivity index (χ1) is 15.4. The molecule has 0 bridgehead atoms. The highest BCUT2D eigenvalue weighted by Crippen LogP contribution is 2.36. The Morgan fingerprint density at radius 2 is 1.75 bits per heavy atom. The smallest absolute Gasteiger partial charge is 0.138 e. The van der Waals surface area contributed by atoms with Crippen molar-refractivity contribution in [3.05, 3.63) is 58.6 Å². The van der Waals surface area contributed by atoms with Crippen molar-refractivity contribution in [1.82, 2.24) is 4.90 Å². The fraction of sp³-hybridized carbons (Fsp3) is 0.520. The van der Waals surface area contributed by atoms with E-state index in [0.717, 1.165) is 30.9 Å². The fourth-order valence-corrected chi connectivity index (χ4v) is 4.98. The van der Waals surface area contributed by atoms with Crippen molar-refractivity contribution < 1.29 is 14.6 Å². The Morgan fingerprint density at radius 1 is 1.06 bits per heavy atom. The molecule has 176 valence electrons. The Kier molecular flexibility index (Phi) is 9.87. The van der Waals surface area contributed by atoms with Gasteiger partial charge in [0.1, 0.15) is 24.2 Å². The van der Waals surface area contributed by atoms with Gasteiger partial charge in [-0.2, -0.15) is 11.8 Å². The van der Waals surface area contributed by atoms with Crippen LogP contribution >= 0.6 is 35.0 Å². The van der Waals surface area contributed by atoms with E-state index in [1.807, 2.05) is 42.1 Å². The van der Waals surface area contributed by atoms with Gasteiger partial charge in [0.25, 0.3) is 0 Å². The summed E-state index contributed by atoms with van der Waals surface area (Å²) in [6.07, 6.45) is 0.334. The van der Waals surface area contributed by atoms with E-state index in [-0.39, 0.29) is 17.9 Å². The Labute approximate surface area is 206 Å². The van der Waals surface area contributed by atoms with E-state index in [2.05, 4.69) is 30.9 Å². The molecule has 2 aromatic carbocycles. The molecule has 7 heteroatoms. The first-order valence-electron chi connectivity index (χ1n) is 11.1. The highest BCUT2D eigenvalue weighted by Gasteiger charge is 2.24. The molecule has 0 aliphatic carbocycles. The van der Waals surface area contributed by atoms with E-state index in [9.17, 15) is 5.11 Å². The molecule has 1 heterocycles. The van der Waals surface area contributed by atoms with Crippen LogP contribution in [0.15, 0.2) is 42.5 Å². The van der Waals surface area contributed by atoms with Crippen LogP contribution in [0.25, 0.3) is 0 Å². The second kappa shape index (κ2) is 12.4. The third-order valence-electron chi connectivity index (χ3n) is 5.83. The Bertz CT molecular complexity index is 842. The number of alkyl halides is 1. The van der Waals surface area contributed by atoms with E-state index >= 15 is 0 Å². The number of ether oxygens (including phenoxy) is 2. The maximum absolute atomic E-state index is 9.58. The summed E-state index contributed by atoms with van der Waals surface area (Å²) in [7, 11) is 0. The van der Waals surface area contributed by atoms with Crippen LogP contribution in [0.3, 0.4) is 0 Å². The predicted octanol–water partition coefficient (Wildman–Crippen LogP) is 5.46. The summed E-state index contributed by atoms with van der Waals surface area (Å²) < 4.78 is 11.5. The number of rotatable bonds is 11. The third kappa shape index (κ3) is 7.19. The molecule has 0 radical (unpaired) electrons. The number of hydrogen-bond donors (Lipinski definition) is 1. The van der Waals surface area contributed by atoms with E-state index in [1.165, 1.54) is 30.2 Å². The quantitative estimate of drug-likeness (QED) is 0.329. The van der Waals surface area contributed by atoms with Gasteiger partial charge in [-0.05, 0) is 41.8 Å². The number of nitrogens with zero attached hydrogens (tertiary/aromatic N) is 1. The van der Waals surface area contributed by atoms with Crippen molar-refractivity contribution in [3.8, 4) is 11.5 Å². The van der Waals surface area contributed by atoms with Crippen LogP contribution in [0, 0.1) is 0 Å². The third-order valence-corrected chi connectivity index (χ3v) is 7.42. The monoisotopic (exact) mass is 497 g/mol. The molecule has 0 spiro atoms. The molecule has 1 atom stereocenters. The Balaban J connectivity index is 1.55. The van der Waals surface area contributed by atoms with Crippen molar-refractivity contribution in [2.75, 3.05) is 50.2 Å². The van der Waals surface area contributed by atoms with Crippen LogP contribution < -0.4 is 9.47 Å². The molecule has 4 nitrogen and oxygen atoms in total. The largest absolute Gasteiger partial charge is 0.494 e. The van der Waals surface area contributed by atoms with Crippen LogP contribution in [-0.2, 0) is 5.41 Å². The average molecular weight is 499 g/mol. The van der Waals surface area contributed by atoms with Crippen LogP contribution in [0.2, 0.25) is 5.02 Å². The normalized spacial score (nSPS) is 16.0. The maximum atomic E-state index is 9.58. The van der Waals surface area contributed by atoms with Gasteiger partial charge in [0.2, 0.25) is 0 Å². The maximum Gasteiger partial charge on any atom is 0.138 e. The van der Waals surface area contributed by atoms with Gasteiger partial charge in [-0.15, -0.1) is 11.6 Å². The fourth-order valence-electron chi connectivity index (χ4n) is 3.67. The van der Waals surface area contributed by atoms with Crippen LogP contribution in [0.1, 0.15) is 31.4 Å². The number of hydrogen-bond acceptors (Lipinski definition) is 5. The summed E-state index contributed by atoms with van der Waals surface area (Å²) in [5.41, 5.74) is 2.03. The van der Waals surface area contributed by atoms with Crippen molar-refractivity contribution >= 4 is 35.0 Å². The average Bonchev–Trinajstić information content (AvgIpc) is 2.81. The van der Waals surface area contributed by atoms with Crippen LogP contribution in [0.4, 0.5) is 0 Å². The van der Waals surface area contributed by atoms with Crippen molar-refractivity contribution in [2.45, 2.75) is 31.8 Å². The standard InChI is InChI=1S/C25H33Cl2NO3S/c1-25(2,20-6-9-24(23(27)16-20)31-18-21(29)17-26)19-4-7-22(8-5-19)30-13-3-10-28-11-14-32-15-12-28/h4-9,16,21,29H,3,10-15,17-18H2,1-2H3. The number of benzene rings is 2. The highest BCUT2D eigenvalue weighted by molar-refractivity contribution is 7.99. The van der Waals surface area contributed by atoms with Crippen molar-refractivity contribution in [2.24, 2.45) is 0 Å². The minimum absolute atomic E-state index is 0.116. The second-order valence-corrected chi connectivity index (χ2v) is 10.5. The summed E-state index contributed by atoms with van der Waals surface area (Å²) >= 11 is 14.1. The zero-order chi connectivity index (χ0) is 23.0. The Hall–Kier alpha value is -1.11. The van der Waals surface area contributed by atoms with Gasteiger partial charge in [-0.3, -0.25) is 0 Å². The molecule has 32 heavy (non-hydrogen) atoms. The number of aliphatic hydroxyl groups excluding tert-OH is 1. The van der Waals surface area contributed by atoms with Gasteiger partial charge in [0.15, 0.2) is 0 Å². The Morgan fingerprint density at radius 3 is 2.41 bits per heavy atom. The highest BCUT2D eigenvalue weighted by atomic mass is 35.5. The predicted molar refractivity (Wildman–Crippen MR) is 136 cm³/mol. The van der Waals surface area contributed by atoms with Crippen LogP contribution in [-0.4, -0.2) is 66.3 Å². The number of aliphatic hydroxyl groups is 1. The van der Waals surface area contributed by atoms with E-state index < -0.39 is 6.10 Å². The molecular weight excluding hydrogens is 465 g/mol. The topological polar surface area (TPSA) is 41.9 Å². The lowest BCUT2D eigenvalue weighted by Gasteiger charge is -2.27. The zero-order valence-corrected chi connectivity index (χ0v) is 21.2. The van der Waals surface area contributed by atoms with E-state index in [4.69, 9.17) is 32.7 Å². The molecule has 2 aromatic rings. The summed E-state index contributed by atoms with van der Waals surface area (Å²) in [5, 5.41) is 10.1. The molecule has 1 aliphatic rings. The minimum Gasteiger partial charge on any atom is -0.494 e. The number of thioether (sulfide) groups is 1. The molecule has 3 rings (SSSR count). The summed E-state index contributed by atoms with van der Waals surface area (Å²) in [5.74, 6) is 4.06. The van der Waals surface area contributed by atoms with Crippen molar-refractivity contribution in [3.63, 3.8) is 0 Å². The molecule has 1 N–H and O–H groups in total. The molecule has 1 aliphatic heterocycles. The first kappa shape index (κ1) is 25.5. The lowest BCUT2D eigenvalue weighted by molar-refractivity contribution is 0.125. The lowest BCUT2D eigenvalue weighted by Crippen LogP contribution is -2.33. The summed E-state index contributed by atoms with van der Waals surface area (Å²) in [4.78, 5) is 2.52. The first-order valence-corrected chi connectivity index (χ1v) is 13.2. The molecule has 0 aromatic heterocycles.